The van der Waals surface area contributed by atoms with Gasteiger partial charge in [0.05, 0.1) is 12.3 Å². The van der Waals surface area contributed by atoms with Crippen LogP contribution in [0.4, 0.5) is 5.69 Å². The number of rotatable bonds is 4. The molecule has 1 saturated heterocycles. The van der Waals surface area contributed by atoms with E-state index < -0.39 is 0 Å². The topological polar surface area (TPSA) is 50.4 Å². The van der Waals surface area contributed by atoms with Crippen molar-refractivity contribution in [3.8, 4) is 5.75 Å². The number of ether oxygens (including phenoxy) is 1. The van der Waals surface area contributed by atoms with Gasteiger partial charge in [0.1, 0.15) is 5.75 Å². The first-order valence-electron chi connectivity index (χ1n) is 7.06. The van der Waals surface area contributed by atoms with Gasteiger partial charge in [0.15, 0.2) is 0 Å². The summed E-state index contributed by atoms with van der Waals surface area (Å²) in [6.07, 6.45) is 1.77. The Hall–Kier alpha value is -1.07. The molecule has 0 bridgehead atoms. The van der Waals surface area contributed by atoms with Crippen LogP contribution in [0.5, 0.6) is 5.75 Å². The monoisotopic (exact) mass is 340 g/mol. The van der Waals surface area contributed by atoms with Crippen molar-refractivity contribution in [3.05, 3.63) is 22.7 Å². The van der Waals surface area contributed by atoms with Crippen LogP contribution in [0.25, 0.3) is 0 Å². The summed E-state index contributed by atoms with van der Waals surface area (Å²) in [5, 5.41) is 6.36. The van der Waals surface area contributed by atoms with Crippen molar-refractivity contribution >= 4 is 27.5 Å². The molecule has 0 saturated carbocycles. The molecule has 0 aliphatic carbocycles. The third-order valence-electron chi connectivity index (χ3n) is 3.50. The lowest BCUT2D eigenvalue weighted by Crippen LogP contribution is -2.40. The Kier molecular flexibility index (Phi) is 5.43. The molecule has 110 valence electrons. The number of piperidine rings is 1. The van der Waals surface area contributed by atoms with Crippen LogP contribution in [0.2, 0.25) is 0 Å². The first-order valence-corrected chi connectivity index (χ1v) is 7.86. The van der Waals surface area contributed by atoms with Crippen molar-refractivity contribution in [2.24, 2.45) is 5.92 Å². The highest BCUT2D eigenvalue weighted by molar-refractivity contribution is 9.10. The van der Waals surface area contributed by atoms with Gasteiger partial charge in [-0.15, -0.1) is 0 Å². The Morgan fingerprint density at radius 2 is 2.35 bits per heavy atom. The second kappa shape index (κ2) is 7.09. The summed E-state index contributed by atoms with van der Waals surface area (Å²) in [6.45, 7) is 5.52. The van der Waals surface area contributed by atoms with Crippen LogP contribution in [-0.4, -0.2) is 25.1 Å². The van der Waals surface area contributed by atoms with E-state index >= 15 is 0 Å². The lowest BCUT2D eigenvalue weighted by molar-refractivity contribution is -0.120. The first-order chi connectivity index (χ1) is 9.60. The largest absolute Gasteiger partial charge is 0.492 e. The molecule has 2 atom stereocenters. The Morgan fingerprint density at radius 3 is 3.05 bits per heavy atom. The zero-order chi connectivity index (χ0) is 14.5. The number of benzene rings is 1. The highest BCUT2D eigenvalue weighted by Crippen LogP contribution is 2.29. The molecule has 2 N–H and O–H groups in total. The Morgan fingerprint density at radius 1 is 1.55 bits per heavy atom. The van der Waals surface area contributed by atoms with Crippen molar-refractivity contribution < 1.29 is 9.53 Å². The predicted octanol–water partition coefficient (Wildman–Crippen LogP) is 3.17. The van der Waals surface area contributed by atoms with Crippen LogP contribution in [0.15, 0.2) is 22.7 Å². The molecule has 0 aromatic heterocycles. The molecule has 5 heteroatoms. The fourth-order valence-electron chi connectivity index (χ4n) is 2.48. The maximum Gasteiger partial charge on any atom is 0.227 e. The fourth-order valence-corrected chi connectivity index (χ4v) is 2.82. The van der Waals surface area contributed by atoms with Crippen LogP contribution in [0.1, 0.15) is 26.7 Å². The highest BCUT2D eigenvalue weighted by atomic mass is 79.9. The summed E-state index contributed by atoms with van der Waals surface area (Å²) >= 11 is 3.42. The van der Waals surface area contributed by atoms with Gasteiger partial charge in [0, 0.05) is 16.4 Å². The molecular formula is C15H21BrN2O2. The molecular weight excluding hydrogens is 320 g/mol. The van der Waals surface area contributed by atoms with Crippen LogP contribution < -0.4 is 15.4 Å². The lowest BCUT2D eigenvalue weighted by atomic mass is 9.92. The van der Waals surface area contributed by atoms with Crippen LogP contribution in [0, 0.1) is 5.92 Å². The van der Waals surface area contributed by atoms with Crippen molar-refractivity contribution in [3.63, 3.8) is 0 Å². The quantitative estimate of drug-likeness (QED) is 0.884. The van der Waals surface area contributed by atoms with E-state index in [1.165, 1.54) is 0 Å². The van der Waals surface area contributed by atoms with Crippen molar-refractivity contribution in [2.75, 3.05) is 18.5 Å². The van der Waals surface area contributed by atoms with E-state index in [0.717, 1.165) is 29.5 Å². The van der Waals surface area contributed by atoms with Gasteiger partial charge in [0.25, 0.3) is 0 Å². The average Bonchev–Trinajstić information content (AvgIpc) is 2.42. The number of anilines is 1. The zero-order valence-corrected chi connectivity index (χ0v) is 13.5. The van der Waals surface area contributed by atoms with Crippen LogP contribution in [0.3, 0.4) is 0 Å². The molecule has 4 nitrogen and oxygen atoms in total. The van der Waals surface area contributed by atoms with Gasteiger partial charge in [-0.05, 0) is 51.4 Å². The van der Waals surface area contributed by atoms with Gasteiger partial charge in [-0.25, -0.2) is 0 Å². The standard InChI is InChI=1S/C15H21BrN2O2/c1-3-20-14-9-12(16)4-5-13(14)18-15(19)11-6-7-17-10(2)8-11/h4-5,9-11,17H,3,6-8H2,1-2H3,(H,18,19)/t10-,11-/m0/s1. The maximum absolute atomic E-state index is 12.3. The van der Waals surface area contributed by atoms with E-state index in [4.69, 9.17) is 4.74 Å². The molecule has 1 amide bonds. The van der Waals surface area contributed by atoms with Gasteiger partial charge in [-0.3, -0.25) is 4.79 Å². The number of carbonyl (C=O) groups is 1. The second-order valence-electron chi connectivity index (χ2n) is 5.14. The molecule has 20 heavy (non-hydrogen) atoms. The zero-order valence-electron chi connectivity index (χ0n) is 11.9. The highest BCUT2D eigenvalue weighted by Gasteiger charge is 2.25. The number of hydrogen-bond donors (Lipinski definition) is 2. The van der Waals surface area contributed by atoms with Gasteiger partial charge < -0.3 is 15.4 Å². The van der Waals surface area contributed by atoms with Gasteiger partial charge >= 0.3 is 0 Å². The maximum atomic E-state index is 12.3. The SMILES string of the molecule is CCOc1cc(Br)ccc1NC(=O)[C@H]1CCN[C@@H](C)C1. The van der Waals surface area contributed by atoms with Crippen LogP contribution >= 0.6 is 15.9 Å². The van der Waals surface area contributed by atoms with Gasteiger partial charge in [-0.1, -0.05) is 15.9 Å². The third kappa shape index (κ3) is 3.96. The van der Waals surface area contributed by atoms with E-state index in [2.05, 4.69) is 33.5 Å². The summed E-state index contributed by atoms with van der Waals surface area (Å²) in [4.78, 5) is 12.3. The Balaban J connectivity index is 2.06. The third-order valence-corrected chi connectivity index (χ3v) is 3.99. The number of carbonyl (C=O) groups excluding carboxylic acids is 1. The summed E-state index contributed by atoms with van der Waals surface area (Å²) in [7, 11) is 0. The number of amides is 1. The number of hydrogen-bond acceptors (Lipinski definition) is 3. The molecule has 0 spiro atoms. The Bertz CT molecular complexity index is 479. The van der Waals surface area contributed by atoms with E-state index in [9.17, 15) is 4.79 Å². The Labute approximate surface area is 128 Å². The predicted molar refractivity (Wildman–Crippen MR) is 84.1 cm³/mol. The molecule has 1 aromatic carbocycles. The molecule has 2 rings (SSSR count). The minimum Gasteiger partial charge on any atom is -0.492 e. The van der Waals surface area contributed by atoms with E-state index in [-0.39, 0.29) is 11.8 Å². The first kappa shape index (κ1) is 15.3. The van der Waals surface area contributed by atoms with E-state index in [1.807, 2.05) is 25.1 Å². The van der Waals surface area contributed by atoms with E-state index in [1.54, 1.807) is 0 Å². The minimum atomic E-state index is 0.0735. The molecule has 1 aromatic rings. The molecule has 1 aliphatic heterocycles. The normalized spacial score (nSPS) is 22.4. The second-order valence-corrected chi connectivity index (χ2v) is 6.05. The minimum absolute atomic E-state index is 0.0735. The van der Waals surface area contributed by atoms with E-state index in [0.29, 0.717) is 18.4 Å². The smallest absolute Gasteiger partial charge is 0.227 e. The number of nitrogens with one attached hydrogen (secondary N) is 2. The summed E-state index contributed by atoms with van der Waals surface area (Å²) in [5.74, 6) is 0.864. The van der Waals surface area contributed by atoms with Gasteiger partial charge in [-0.2, -0.15) is 0 Å². The molecule has 0 radical (unpaired) electrons. The fraction of sp³-hybridized carbons (Fsp3) is 0.533. The van der Waals surface area contributed by atoms with Crippen molar-refractivity contribution in [2.45, 2.75) is 32.7 Å². The lowest BCUT2D eigenvalue weighted by Gasteiger charge is -2.27. The van der Waals surface area contributed by atoms with Crippen LogP contribution in [-0.2, 0) is 4.79 Å². The molecule has 1 heterocycles. The molecule has 0 unspecified atom stereocenters. The molecule has 1 aliphatic rings. The summed E-state index contributed by atoms with van der Waals surface area (Å²) in [5.41, 5.74) is 0.742. The summed E-state index contributed by atoms with van der Waals surface area (Å²) < 4.78 is 6.51. The summed E-state index contributed by atoms with van der Waals surface area (Å²) in [6, 6.07) is 6.06. The van der Waals surface area contributed by atoms with Gasteiger partial charge in [0.2, 0.25) is 5.91 Å². The number of halogens is 1. The average molecular weight is 341 g/mol. The molecule has 1 fully saturated rings. The van der Waals surface area contributed by atoms with Crippen molar-refractivity contribution in [1.29, 1.82) is 0 Å². The van der Waals surface area contributed by atoms with Crippen molar-refractivity contribution in [1.82, 2.24) is 5.32 Å².